The van der Waals surface area contributed by atoms with E-state index in [4.69, 9.17) is 0 Å². The molecule has 19 heavy (non-hydrogen) atoms. The fourth-order valence-electron chi connectivity index (χ4n) is 2.84. The summed E-state index contributed by atoms with van der Waals surface area (Å²) in [6.45, 7) is 4.26. The highest BCUT2D eigenvalue weighted by molar-refractivity contribution is 9.10. The number of aromatic nitrogens is 2. The second-order valence-electron chi connectivity index (χ2n) is 5.16. The van der Waals surface area contributed by atoms with Crippen molar-refractivity contribution >= 4 is 15.9 Å². The molecule has 2 N–H and O–H groups in total. The molecule has 3 rings (SSSR count). The fraction of sp³-hybridized carbons (Fsp3) is 0.400. The van der Waals surface area contributed by atoms with Gasteiger partial charge in [0.2, 0.25) is 0 Å². The standard InChI is InChI=1S/C15H18BrN3/c1-10-14(11-4-2-6-13(16)8-11)15(19-18-10)12-5-3-7-17-9-12/h2,4,6,8,12,17H,3,5,7,9H2,1H3,(H,18,19). The average molecular weight is 320 g/mol. The Morgan fingerprint density at radius 2 is 2.26 bits per heavy atom. The smallest absolute Gasteiger partial charge is 0.0746 e. The number of hydrogen-bond acceptors (Lipinski definition) is 2. The first kappa shape index (κ1) is 12.9. The van der Waals surface area contributed by atoms with Gasteiger partial charge in [0.25, 0.3) is 0 Å². The molecule has 2 aromatic rings. The summed E-state index contributed by atoms with van der Waals surface area (Å²) in [7, 11) is 0. The van der Waals surface area contributed by atoms with Gasteiger partial charge in [-0.3, -0.25) is 5.10 Å². The predicted octanol–water partition coefficient (Wildman–Crippen LogP) is 3.61. The molecule has 100 valence electrons. The van der Waals surface area contributed by atoms with Crippen LogP contribution in [0.25, 0.3) is 11.1 Å². The Kier molecular flexibility index (Phi) is 3.71. The highest BCUT2D eigenvalue weighted by Gasteiger charge is 2.23. The van der Waals surface area contributed by atoms with Gasteiger partial charge in [-0.25, -0.2) is 0 Å². The summed E-state index contributed by atoms with van der Waals surface area (Å²) in [5.41, 5.74) is 4.87. The van der Waals surface area contributed by atoms with Crippen LogP contribution < -0.4 is 5.32 Å². The first-order valence-corrected chi connectivity index (χ1v) is 7.56. The summed E-state index contributed by atoms with van der Waals surface area (Å²) in [5.74, 6) is 0.521. The minimum Gasteiger partial charge on any atom is -0.316 e. The van der Waals surface area contributed by atoms with Crippen LogP contribution in [-0.2, 0) is 0 Å². The minimum atomic E-state index is 0.521. The Morgan fingerprint density at radius 1 is 1.37 bits per heavy atom. The maximum Gasteiger partial charge on any atom is 0.0746 e. The quantitative estimate of drug-likeness (QED) is 0.887. The zero-order valence-electron chi connectivity index (χ0n) is 11.0. The lowest BCUT2D eigenvalue weighted by Gasteiger charge is -2.22. The summed E-state index contributed by atoms with van der Waals surface area (Å²) in [4.78, 5) is 0. The van der Waals surface area contributed by atoms with Crippen molar-refractivity contribution in [1.29, 1.82) is 0 Å². The zero-order chi connectivity index (χ0) is 13.2. The molecule has 0 spiro atoms. The number of H-pyrrole nitrogens is 1. The Bertz CT molecular complexity index is 571. The summed E-state index contributed by atoms with van der Waals surface area (Å²) < 4.78 is 1.11. The summed E-state index contributed by atoms with van der Waals surface area (Å²) in [6, 6.07) is 8.45. The molecule has 3 nitrogen and oxygen atoms in total. The van der Waals surface area contributed by atoms with E-state index in [0.29, 0.717) is 5.92 Å². The number of rotatable bonds is 2. The molecule has 0 aliphatic carbocycles. The molecule has 2 heterocycles. The van der Waals surface area contributed by atoms with Crippen molar-refractivity contribution in [2.75, 3.05) is 13.1 Å². The van der Waals surface area contributed by atoms with Crippen molar-refractivity contribution in [1.82, 2.24) is 15.5 Å². The van der Waals surface area contributed by atoms with Crippen molar-refractivity contribution in [3.05, 3.63) is 40.1 Å². The van der Waals surface area contributed by atoms with Gasteiger partial charge in [-0.15, -0.1) is 0 Å². The third-order valence-electron chi connectivity index (χ3n) is 3.77. The van der Waals surface area contributed by atoms with Gasteiger partial charge in [0.1, 0.15) is 0 Å². The third-order valence-corrected chi connectivity index (χ3v) is 4.27. The van der Waals surface area contributed by atoms with E-state index < -0.39 is 0 Å². The second-order valence-corrected chi connectivity index (χ2v) is 6.08. The Balaban J connectivity index is 2.03. The molecule has 1 aromatic heterocycles. The van der Waals surface area contributed by atoms with Crippen LogP contribution in [0.5, 0.6) is 0 Å². The first-order chi connectivity index (χ1) is 9.25. The molecular weight excluding hydrogens is 302 g/mol. The van der Waals surface area contributed by atoms with Crippen molar-refractivity contribution in [2.24, 2.45) is 0 Å². The van der Waals surface area contributed by atoms with E-state index in [1.807, 2.05) is 0 Å². The first-order valence-electron chi connectivity index (χ1n) is 6.77. The topological polar surface area (TPSA) is 40.7 Å². The van der Waals surface area contributed by atoms with Gasteiger partial charge in [-0.2, -0.15) is 5.10 Å². The molecule has 1 saturated heterocycles. The lowest BCUT2D eigenvalue weighted by molar-refractivity contribution is 0.455. The van der Waals surface area contributed by atoms with E-state index in [0.717, 1.165) is 23.3 Å². The molecule has 1 aliphatic rings. The number of aryl methyl sites for hydroxylation is 1. The summed E-state index contributed by atoms with van der Waals surface area (Å²) in [5, 5.41) is 11.2. The summed E-state index contributed by atoms with van der Waals surface area (Å²) >= 11 is 3.55. The maximum absolute atomic E-state index is 4.57. The zero-order valence-corrected chi connectivity index (χ0v) is 12.6. The highest BCUT2D eigenvalue weighted by Crippen LogP contribution is 2.34. The molecule has 4 heteroatoms. The largest absolute Gasteiger partial charge is 0.316 e. The van der Waals surface area contributed by atoms with Crippen molar-refractivity contribution in [2.45, 2.75) is 25.7 Å². The fourth-order valence-corrected chi connectivity index (χ4v) is 3.24. The molecule has 0 saturated carbocycles. The van der Waals surface area contributed by atoms with Gasteiger partial charge in [0, 0.05) is 28.2 Å². The van der Waals surface area contributed by atoms with E-state index in [2.05, 4.69) is 62.6 Å². The lowest BCUT2D eigenvalue weighted by atomic mass is 9.90. The van der Waals surface area contributed by atoms with Gasteiger partial charge < -0.3 is 5.32 Å². The molecule has 1 fully saturated rings. The van der Waals surface area contributed by atoms with E-state index in [-0.39, 0.29) is 0 Å². The number of aromatic amines is 1. The van der Waals surface area contributed by atoms with Gasteiger partial charge in [-0.05, 0) is 44.0 Å². The van der Waals surface area contributed by atoms with Crippen LogP contribution in [0.1, 0.15) is 30.1 Å². The van der Waals surface area contributed by atoms with Gasteiger partial charge >= 0.3 is 0 Å². The van der Waals surface area contributed by atoms with Gasteiger partial charge in [0.05, 0.1) is 5.69 Å². The predicted molar refractivity (Wildman–Crippen MR) is 81.3 cm³/mol. The maximum atomic E-state index is 4.57. The highest BCUT2D eigenvalue weighted by atomic mass is 79.9. The normalized spacial score (nSPS) is 19.6. The molecule has 0 amide bonds. The van der Waals surface area contributed by atoms with Gasteiger partial charge in [-0.1, -0.05) is 28.1 Å². The van der Waals surface area contributed by atoms with E-state index >= 15 is 0 Å². The van der Waals surface area contributed by atoms with Crippen molar-refractivity contribution < 1.29 is 0 Å². The number of nitrogens with one attached hydrogen (secondary N) is 2. The Hall–Kier alpha value is -1.13. The van der Waals surface area contributed by atoms with E-state index in [1.165, 1.54) is 29.7 Å². The molecule has 1 aromatic carbocycles. The van der Waals surface area contributed by atoms with Crippen molar-refractivity contribution in [3.8, 4) is 11.1 Å². The number of hydrogen-bond donors (Lipinski definition) is 2. The SMILES string of the molecule is Cc1[nH]nc(C2CCCNC2)c1-c1cccc(Br)c1. The van der Waals surface area contributed by atoms with Crippen LogP contribution in [0, 0.1) is 6.92 Å². The molecular formula is C15H18BrN3. The molecule has 1 atom stereocenters. The van der Waals surface area contributed by atoms with Crippen molar-refractivity contribution in [3.63, 3.8) is 0 Å². The number of halogens is 1. The number of benzene rings is 1. The van der Waals surface area contributed by atoms with Crippen LogP contribution in [0.2, 0.25) is 0 Å². The van der Waals surface area contributed by atoms with Crippen LogP contribution in [0.4, 0.5) is 0 Å². The van der Waals surface area contributed by atoms with Crippen LogP contribution >= 0.6 is 15.9 Å². The second kappa shape index (κ2) is 5.47. The van der Waals surface area contributed by atoms with Crippen LogP contribution in [0.3, 0.4) is 0 Å². The summed E-state index contributed by atoms with van der Waals surface area (Å²) in [6.07, 6.45) is 2.45. The van der Waals surface area contributed by atoms with E-state index in [9.17, 15) is 0 Å². The molecule has 0 bridgehead atoms. The monoisotopic (exact) mass is 319 g/mol. The Labute approximate surface area is 121 Å². The molecule has 1 aliphatic heterocycles. The van der Waals surface area contributed by atoms with E-state index in [1.54, 1.807) is 0 Å². The number of piperidine rings is 1. The van der Waals surface area contributed by atoms with Gasteiger partial charge in [0.15, 0.2) is 0 Å². The van der Waals surface area contributed by atoms with Crippen LogP contribution in [-0.4, -0.2) is 23.3 Å². The third kappa shape index (κ3) is 2.60. The Morgan fingerprint density at radius 3 is 3.00 bits per heavy atom. The molecule has 1 unspecified atom stereocenters. The lowest BCUT2D eigenvalue weighted by Crippen LogP contribution is -2.28. The minimum absolute atomic E-state index is 0.521. The van der Waals surface area contributed by atoms with Crippen LogP contribution in [0.15, 0.2) is 28.7 Å². The number of nitrogens with zero attached hydrogens (tertiary/aromatic N) is 1. The average Bonchev–Trinajstić information content (AvgIpc) is 2.82. The molecule has 0 radical (unpaired) electrons.